The Kier molecular flexibility index (Phi) is 4.87. The quantitative estimate of drug-likeness (QED) is 0.592. The van der Waals surface area contributed by atoms with Crippen molar-refractivity contribution in [2.24, 2.45) is 0 Å². The number of nitrogens with zero attached hydrogens (tertiary/aromatic N) is 1. The standard InChI is InChI=1S/C16H13Cl2NO6S/c1-25-26(23,24)9-4-2-3-8(7-9)15(20)14-12(18)11(17)13-10(16(21)22)5-6-19(13)14/h2-4,7,10H,5-6H2,1H3,(H,21,22). The third-order valence-electron chi connectivity index (χ3n) is 4.28. The first-order valence-corrected chi connectivity index (χ1v) is 9.61. The van der Waals surface area contributed by atoms with Crippen LogP contribution >= 0.6 is 23.2 Å². The van der Waals surface area contributed by atoms with Crippen LogP contribution in [0.4, 0.5) is 0 Å². The van der Waals surface area contributed by atoms with E-state index < -0.39 is 27.8 Å². The van der Waals surface area contributed by atoms with Crippen LogP contribution in [0.25, 0.3) is 0 Å². The van der Waals surface area contributed by atoms with E-state index in [1.165, 1.54) is 28.8 Å². The molecule has 1 aliphatic rings. The first-order chi connectivity index (χ1) is 12.2. The van der Waals surface area contributed by atoms with Crippen LogP contribution in [-0.2, 0) is 25.6 Å². The second-order valence-electron chi connectivity index (χ2n) is 5.67. The van der Waals surface area contributed by atoms with Crippen molar-refractivity contribution in [2.45, 2.75) is 23.8 Å². The van der Waals surface area contributed by atoms with E-state index in [-0.39, 0.29) is 38.4 Å². The van der Waals surface area contributed by atoms with Crippen molar-refractivity contribution in [1.29, 1.82) is 0 Å². The van der Waals surface area contributed by atoms with E-state index in [2.05, 4.69) is 4.18 Å². The molecule has 0 spiro atoms. The molecule has 2 heterocycles. The molecule has 0 aliphatic carbocycles. The van der Waals surface area contributed by atoms with Crippen molar-refractivity contribution < 1.29 is 27.3 Å². The predicted molar refractivity (Wildman–Crippen MR) is 93.5 cm³/mol. The minimum absolute atomic E-state index is 0.0283. The summed E-state index contributed by atoms with van der Waals surface area (Å²) in [5.41, 5.74) is 0.399. The highest BCUT2D eigenvalue weighted by molar-refractivity contribution is 7.86. The third kappa shape index (κ3) is 2.92. The molecule has 138 valence electrons. The van der Waals surface area contributed by atoms with Crippen LogP contribution in [0.2, 0.25) is 10.0 Å². The topological polar surface area (TPSA) is 103 Å². The van der Waals surface area contributed by atoms with Gasteiger partial charge in [-0.15, -0.1) is 0 Å². The van der Waals surface area contributed by atoms with Crippen LogP contribution in [-0.4, -0.2) is 37.0 Å². The number of aromatic nitrogens is 1. The molecule has 10 heteroatoms. The fourth-order valence-corrected chi connectivity index (χ4v) is 4.35. The highest BCUT2D eigenvalue weighted by Gasteiger charge is 2.37. The Hall–Kier alpha value is -1.87. The number of benzene rings is 1. The van der Waals surface area contributed by atoms with E-state index in [1.807, 2.05) is 0 Å². The molecule has 0 saturated heterocycles. The van der Waals surface area contributed by atoms with Gasteiger partial charge in [0.15, 0.2) is 0 Å². The Labute approximate surface area is 159 Å². The average Bonchev–Trinajstić information content (AvgIpc) is 3.14. The maximum absolute atomic E-state index is 12.9. The first kappa shape index (κ1) is 18.9. The monoisotopic (exact) mass is 417 g/mol. The highest BCUT2D eigenvalue weighted by atomic mass is 35.5. The molecule has 0 bridgehead atoms. The van der Waals surface area contributed by atoms with Crippen LogP contribution < -0.4 is 0 Å². The minimum Gasteiger partial charge on any atom is -0.481 e. The second-order valence-corrected chi connectivity index (χ2v) is 8.14. The SMILES string of the molecule is COS(=O)(=O)c1cccc(C(=O)c2c(Cl)c(Cl)c3n2CCC3C(=O)O)c1. The Morgan fingerprint density at radius 1 is 1.27 bits per heavy atom. The van der Waals surface area contributed by atoms with E-state index in [1.54, 1.807) is 0 Å². The lowest BCUT2D eigenvalue weighted by atomic mass is 10.1. The molecule has 3 rings (SSSR count). The molecule has 26 heavy (non-hydrogen) atoms. The van der Waals surface area contributed by atoms with Gasteiger partial charge in [-0.25, -0.2) is 0 Å². The largest absolute Gasteiger partial charge is 0.481 e. The number of fused-ring (bicyclic) bond motifs is 1. The van der Waals surface area contributed by atoms with Gasteiger partial charge in [0, 0.05) is 12.1 Å². The number of hydrogen-bond acceptors (Lipinski definition) is 5. The zero-order valence-corrected chi connectivity index (χ0v) is 15.7. The Morgan fingerprint density at radius 3 is 2.58 bits per heavy atom. The predicted octanol–water partition coefficient (Wildman–Crippen LogP) is 2.93. The summed E-state index contributed by atoms with van der Waals surface area (Å²) in [7, 11) is -2.95. The number of carbonyl (C=O) groups is 2. The van der Waals surface area contributed by atoms with E-state index in [9.17, 15) is 23.1 Å². The van der Waals surface area contributed by atoms with Gasteiger partial charge in [-0.1, -0.05) is 35.3 Å². The number of carboxylic acid groups (broad SMARTS) is 1. The fourth-order valence-electron chi connectivity index (χ4n) is 3.03. The van der Waals surface area contributed by atoms with E-state index in [0.717, 1.165) is 7.11 Å². The minimum atomic E-state index is -3.97. The summed E-state index contributed by atoms with van der Waals surface area (Å²) in [5, 5.41) is 9.30. The molecule has 1 unspecified atom stereocenters. The van der Waals surface area contributed by atoms with Crippen LogP contribution in [0.5, 0.6) is 0 Å². The molecule has 1 aromatic carbocycles. The van der Waals surface area contributed by atoms with Gasteiger partial charge in [0.2, 0.25) is 5.78 Å². The molecule has 1 atom stereocenters. The molecule has 1 aromatic heterocycles. The Bertz CT molecular complexity index is 1030. The van der Waals surface area contributed by atoms with Gasteiger partial charge in [0.25, 0.3) is 10.1 Å². The van der Waals surface area contributed by atoms with Gasteiger partial charge in [0.05, 0.1) is 27.7 Å². The van der Waals surface area contributed by atoms with Crippen LogP contribution in [0, 0.1) is 0 Å². The van der Waals surface area contributed by atoms with Gasteiger partial charge < -0.3 is 9.67 Å². The van der Waals surface area contributed by atoms with Crippen molar-refractivity contribution in [3.63, 3.8) is 0 Å². The summed E-state index contributed by atoms with van der Waals surface area (Å²) in [5.74, 6) is -2.45. The molecule has 1 aliphatic heterocycles. The highest BCUT2D eigenvalue weighted by Crippen LogP contribution is 2.43. The van der Waals surface area contributed by atoms with Gasteiger partial charge in [-0.2, -0.15) is 8.42 Å². The molecule has 0 radical (unpaired) electrons. The lowest BCUT2D eigenvalue weighted by Crippen LogP contribution is -2.11. The molecular weight excluding hydrogens is 405 g/mol. The van der Waals surface area contributed by atoms with Gasteiger partial charge in [-0.3, -0.25) is 13.8 Å². The number of rotatable bonds is 5. The molecule has 0 saturated carbocycles. The molecule has 2 aromatic rings. The summed E-state index contributed by atoms with van der Waals surface area (Å²) in [6.07, 6.45) is 0.292. The summed E-state index contributed by atoms with van der Waals surface area (Å²) < 4.78 is 29.6. The van der Waals surface area contributed by atoms with Gasteiger partial charge in [-0.05, 0) is 18.6 Å². The van der Waals surface area contributed by atoms with E-state index in [4.69, 9.17) is 23.2 Å². The van der Waals surface area contributed by atoms with Crippen LogP contribution in [0.3, 0.4) is 0 Å². The first-order valence-electron chi connectivity index (χ1n) is 7.44. The van der Waals surface area contributed by atoms with Gasteiger partial charge >= 0.3 is 5.97 Å². The van der Waals surface area contributed by atoms with Crippen LogP contribution in [0.1, 0.15) is 34.1 Å². The number of carbonyl (C=O) groups excluding carboxylic acids is 1. The Balaban J connectivity index is 2.11. The third-order valence-corrected chi connectivity index (χ3v) is 6.39. The molecule has 1 N–H and O–H groups in total. The zero-order chi connectivity index (χ0) is 19.2. The molecule has 7 nitrogen and oxygen atoms in total. The number of carboxylic acids is 1. The maximum atomic E-state index is 12.9. The lowest BCUT2D eigenvalue weighted by molar-refractivity contribution is -0.138. The van der Waals surface area contributed by atoms with Crippen molar-refractivity contribution in [2.75, 3.05) is 7.11 Å². The van der Waals surface area contributed by atoms with Crippen molar-refractivity contribution in [3.05, 3.63) is 51.3 Å². The zero-order valence-electron chi connectivity index (χ0n) is 13.4. The van der Waals surface area contributed by atoms with Gasteiger partial charge in [0.1, 0.15) is 11.6 Å². The van der Waals surface area contributed by atoms with Crippen molar-refractivity contribution >= 4 is 45.1 Å². The number of aliphatic carboxylic acids is 1. The van der Waals surface area contributed by atoms with E-state index >= 15 is 0 Å². The fraction of sp³-hybridized carbons (Fsp3) is 0.250. The number of ketones is 1. The second kappa shape index (κ2) is 6.70. The Morgan fingerprint density at radius 2 is 1.96 bits per heavy atom. The summed E-state index contributed by atoms with van der Waals surface area (Å²) in [6, 6.07) is 5.32. The van der Waals surface area contributed by atoms with Crippen molar-refractivity contribution in [1.82, 2.24) is 4.57 Å². The summed E-state index contributed by atoms with van der Waals surface area (Å²) in [4.78, 5) is 24.1. The number of halogens is 2. The van der Waals surface area contributed by atoms with Crippen molar-refractivity contribution in [3.8, 4) is 0 Å². The maximum Gasteiger partial charge on any atom is 0.312 e. The smallest absolute Gasteiger partial charge is 0.312 e. The molecule has 0 amide bonds. The molecular formula is C16H13Cl2NO6S. The molecule has 0 fully saturated rings. The lowest BCUT2D eigenvalue weighted by Gasteiger charge is -2.08. The number of hydrogen-bond donors (Lipinski definition) is 1. The normalized spacial score (nSPS) is 16.5. The summed E-state index contributed by atoms with van der Waals surface area (Å²) in [6.45, 7) is 0.274. The summed E-state index contributed by atoms with van der Waals surface area (Å²) >= 11 is 12.4. The average molecular weight is 418 g/mol. The van der Waals surface area contributed by atoms with Crippen LogP contribution in [0.15, 0.2) is 29.2 Å². The van der Waals surface area contributed by atoms with E-state index in [0.29, 0.717) is 6.42 Å².